The molecule has 1 aromatic heterocycles. The Morgan fingerprint density at radius 3 is 2.77 bits per heavy atom. The minimum Gasteiger partial charge on any atom is -0.396 e. The Morgan fingerprint density at radius 1 is 1.29 bits per heavy atom. The zero-order valence-electron chi connectivity index (χ0n) is 16.8. The van der Waals surface area contributed by atoms with Crippen LogP contribution in [0.25, 0.3) is 0 Å². The topological polar surface area (TPSA) is 92.1 Å². The van der Waals surface area contributed by atoms with E-state index in [1.54, 1.807) is 4.68 Å². The van der Waals surface area contributed by atoms with Gasteiger partial charge >= 0.3 is 0 Å². The summed E-state index contributed by atoms with van der Waals surface area (Å²) < 4.78 is 15.8. The van der Waals surface area contributed by atoms with E-state index in [1.165, 1.54) is 24.3 Å². The van der Waals surface area contributed by atoms with Crippen molar-refractivity contribution < 1.29 is 14.3 Å². The fourth-order valence-electron chi connectivity index (χ4n) is 3.55. The van der Waals surface area contributed by atoms with Gasteiger partial charge in [-0.2, -0.15) is 10.1 Å². The molecule has 1 unspecified atom stereocenters. The molecule has 31 heavy (non-hydrogen) atoms. The van der Waals surface area contributed by atoms with Crippen LogP contribution in [0.4, 0.5) is 16.0 Å². The SMILES string of the molecule is CC1=C(C(=O)Nc2ccc(F)cc2)C(c2cccc(Br)c2)n2nc(CCCO)nc2N1. The normalized spacial score (nSPS) is 15.4. The smallest absolute Gasteiger partial charge is 0.255 e. The van der Waals surface area contributed by atoms with Crippen molar-refractivity contribution in [3.8, 4) is 0 Å². The molecule has 160 valence electrons. The van der Waals surface area contributed by atoms with Gasteiger partial charge in [-0.15, -0.1) is 0 Å². The van der Waals surface area contributed by atoms with E-state index in [0.29, 0.717) is 41.6 Å². The van der Waals surface area contributed by atoms with E-state index in [9.17, 15) is 9.18 Å². The van der Waals surface area contributed by atoms with Gasteiger partial charge in [0.25, 0.3) is 5.91 Å². The van der Waals surface area contributed by atoms with Gasteiger partial charge in [0.1, 0.15) is 11.9 Å². The summed E-state index contributed by atoms with van der Waals surface area (Å²) in [6, 6.07) is 12.8. The molecule has 7 nitrogen and oxygen atoms in total. The van der Waals surface area contributed by atoms with Crippen molar-refractivity contribution in [1.82, 2.24) is 14.8 Å². The number of anilines is 2. The second-order valence-corrected chi connectivity index (χ2v) is 8.12. The third-order valence-electron chi connectivity index (χ3n) is 4.97. The van der Waals surface area contributed by atoms with E-state index in [4.69, 9.17) is 5.11 Å². The zero-order valence-corrected chi connectivity index (χ0v) is 18.4. The lowest BCUT2D eigenvalue weighted by molar-refractivity contribution is -0.113. The highest BCUT2D eigenvalue weighted by molar-refractivity contribution is 9.10. The van der Waals surface area contributed by atoms with Gasteiger partial charge in [-0.3, -0.25) is 4.79 Å². The van der Waals surface area contributed by atoms with E-state index in [0.717, 1.165) is 10.0 Å². The quantitative estimate of drug-likeness (QED) is 0.490. The molecular formula is C22H21BrFN5O2. The van der Waals surface area contributed by atoms with Gasteiger partial charge in [0.05, 0.1) is 5.57 Å². The zero-order chi connectivity index (χ0) is 22.0. The second kappa shape index (κ2) is 8.99. The Bertz CT molecular complexity index is 1140. The first-order valence-electron chi connectivity index (χ1n) is 9.82. The summed E-state index contributed by atoms with van der Waals surface area (Å²) in [6.45, 7) is 1.87. The Balaban J connectivity index is 1.75. The summed E-state index contributed by atoms with van der Waals surface area (Å²) >= 11 is 3.50. The van der Waals surface area contributed by atoms with Crippen molar-refractivity contribution in [1.29, 1.82) is 0 Å². The van der Waals surface area contributed by atoms with Crippen molar-refractivity contribution in [2.45, 2.75) is 25.8 Å². The predicted octanol–water partition coefficient (Wildman–Crippen LogP) is 4.03. The number of benzene rings is 2. The van der Waals surface area contributed by atoms with Crippen molar-refractivity contribution in [2.75, 3.05) is 17.2 Å². The minimum absolute atomic E-state index is 0.0506. The number of aliphatic hydroxyl groups is 1. The number of nitrogens with one attached hydrogen (secondary N) is 2. The van der Waals surface area contributed by atoms with Crippen LogP contribution >= 0.6 is 15.9 Å². The predicted molar refractivity (Wildman–Crippen MR) is 119 cm³/mol. The molecule has 3 N–H and O–H groups in total. The highest BCUT2D eigenvalue weighted by atomic mass is 79.9. The number of carbonyl (C=O) groups excluding carboxylic acids is 1. The van der Waals surface area contributed by atoms with Crippen LogP contribution in [0.2, 0.25) is 0 Å². The van der Waals surface area contributed by atoms with Gasteiger partial charge < -0.3 is 15.7 Å². The molecule has 0 aliphatic carbocycles. The van der Waals surface area contributed by atoms with Crippen molar-refractivity contribution in [3.63, 3.8) is 0 Å². The summed E-state index contributed by atoms with van der Waals surface area (Å²) in [4.78, 5) is 17.8. The van der Waals surface area contributed by atoms with Crippen molar-refractivity contribution in [2.24, 2.45) is 0 Å². The van der Waals surface area contributed by atoms with Crippen LogP contribution in [-0.2, 0) is 11.2 Å². The monoisotopic (exact) mass is 485 g/mol. The Labute approximate surface area is 187 Å². The van der Waals surface area contributed by atoms with Crippen LogP contribution in [0.3, 0.4) is 0 Å². The van der Waals surface area contributed by atoms with Crippen LogP contribution in [0.1, 0.15) is 30.8 Å². The second-order valence-electron chi connectivity index (χ2n) is 7.21. The van der Waals surface area contributed by atoms with E-state index in [1.807, 2.05) is 31.2 Å². The Kier molecular flexibility index (Phi) is 6.15. The van der Waals surface area contributed by atoms with Gasteiger partial charge in [0.2, 0.25) is 5.95 Å². The van der Waals surface area contributed by atoms with E-state index < -0.39 is 6.04 Å². The van der Waals surface area contributed by atoms with E-state index in [2.05, 4.69) is 36.6 Å². The lowest BCUT2D eigenvalue weighted by atomic mass is 9.95. The number of aryl methyl sites for hydroxylation is 1. The van der Waals surface area contributed by atoms with Gasteiger partial charge in [-0.1, -0.05) is 28.1 Å². The Hall–Kier alpha value is -3.04. The van der Waals surface area contributed by atoms with Crippen LogP contribution < -0.4 is 10.6 Å². The number of allylic oxidation sites excluding steroid dienone is 1. The van der Waals surface area contributed by atoms with Crippen LogP contribution in [0.5, 0.6) is 0 Å². The molecule has 1 amide bonds. The third kappa shape index (κ3) is 4.52. The molecule has 0 radical (unpaired) electrons. The molecule has 1 aliphatic heterocycles. The first kappa shape index (κ1) is 21.2. The van der Waals surface area contributed by atoms with E-state index >= 15 is 0 Å². The molecule has 4 rings (SSSR count). The van der Waals surface area contributed by atoms with E-state index in [-0.39, 0.29) is 18.3 Å². The summed E-state index contributed by atoms with van der Waals surface area (Å²) in [5.41, 5.74) is 2.48. The summed E-state index contributed by atoms with van der Waals surface area (Å²) in [7, 11) is 0. The van der Waals surface area contributed by atoms with Crippen LogP contribution in [0, 0.1) is 5.82 Å². The summed E-state index contributed by atoms with van der Waals surface area (Å²) in [5, 5.41) is 19.8. The number of amides is 1. The lowest BCUT2D eigenvalue weighted by Gasteiger charge is -2.28. The molecule has 0 saturated heterocycles. The number of carbonyl (C=O) groups is 1. The molecule has 0 bridgehead atoms. The van der Waals surface area contributed by atoms with Gasteiger partial charge in [-0.25, -0.2) is 9.07 Å². The number of halogens is 2. The Morgan fingerprint density at radius 2 is 2.06 bits per heavy atom. The average molecular weight is 486 g/mol. The molecule has 1 atom stereocenters. The number of nitrogens with zero attached hydrogens (tertiary/aromatic N) is 3. The number of fused-ring (bicyclic) bond motifs is 1. The fourth-order valence-corrected chi connectivity index (χ4v) is 3.97. The largest absolute Gasteiger partial charge is 0.396 e. The molecule has 2 aromatic carbocycles. The average Bonchev–Trinajstić information content (AvgIpc) is 3.15. The number of rotatable bonds is 6. The van der Waals surface area contributed by atoms with Crippen molar-refractivity contribution >= 4 is 33.5 Å². The van der Waals surface area contributed by atoms with Gasteiger partial charge in [0, 0.05) is 28.9 Å². The van der Waals surface area contributed by atoms with Crippen LogP contribution in [0.15, 0.2) is 64.3 Å². The van der Waals surface area contributed by atoms with Gasteiger partial charge in [-0.05, 0) is 55.3 Å². The maximum atomic E-state index is 13.3. The van der Waals surface area contributed by atoms with Crippen LogP contribution in [-0.4, -0.2) is 32.4 Å². The molecule has 0 saturated carbocycles. The maximum absolute atomic E-state index is 13.3. The lowest BCUT2D eigenvalue weighted by Crippen LogP contribution is -2.31. The summed E-state index contributed by atoms with van der Waals surface area (Å²) in [6.07, 6.45) is 1.08. The highest BCUT2D eigenvalue weighted by Gasteiger charge is 2.34. The molecule has 3 aromatic rings. The van der Waals surface area contributed by atoms with Crippen molar-refractivity contribution in [3.05, 3.63) is 81.5 Å². The molecule has 9 heteroatoms. The fraction of sp³-hybridized carbons (Fsp3) is 0.227. The highest BCUT2D eigenvalue weighted by Crippen LogP contribution is 2.36. The van der Waals surface area contributed by atoms with Gasteiger partial charge in [0.15, 0.2) is 5.82 Å². The number of aliphatic hydroxyl groups excluding tert-OH is 1. The molecule has 1 aliphatic rings. The minimum atomic E-state index is -0.510. The number of hydrogen-bond acceptors (Lipinski definition) is 5. The maximum Gasteiger partial charge on any atom is 0.255 e. The number of aromatic nitrogens is 3. The first-order valence-corrected chi connectivity index (χ1v) is 10.6. The number of hydrogen-bond donors (Lipinski definition) is 3. The third-order valence-corrected chi connectivity index (χ3v) is 5.46. The molecule has 0 spiro atoms. The summed E-state index contributed by atoms with van der Waals surface area (Å²) in [5.74, 6) is 0.431. The molecule has 0 fully saturated rings. The standard InChI is InChI=1S/C22H21BrFN5O2/c1-13-19(21(31)26-17-9-7-16(24)8-10-17)20(14-4-2-5-15(23)12-14)29-22(25-13)27-18(28-29)6-3-11-30/h2,4-5,7-10,12,20,30H,3,6,11H2,1H3,(H,26,31)(H,25,27,28). The molecular weight excluding hydrogens is 465 g/mol. The molecule has 2 heterocycles. The first-order chi connectivity index (χ1) is 15.0.